The molecule has 4 heteroatoms. The highest BCUT2D eigenvalue weighted by Crippen LogP contribution is 2.29. The number of anilines is 1. The topological polar surface area (TPSA) is 53.3 Å². The number of nitriles is 1. The van der Waals surface area contributed by atoms with Crippen LogP contribution in [-0.4, -0.2) is 30.6 Å². The van der Waals surface area contributed by atoms with Crippen molar-refractivity contribution in [1.82, 2.24) is 0 Å². The normalized spacial score (nSPS) is 21.4. The van der Waals surface area contributed by atoms with E-state index in [1.807, 2.05) is 20.8 Å². The van der Waals surface area contributed by atoms with Gasteiger partial charge in [0.25, 0.3) is 0 Å². The van der Waals surface area contributed by atoms with Crippen molar-refractivity contribution in [2.24, 2.45) is 0 Å². The van der Waals surface area contributed by atoms with Gasteiger partial charge in [0, 0.05) is 24.3 Å². The molecule has 1 heterocycles. The van der Waals surface area contributed by atoms with Crippen molar-refractivity contribution in [3.63, 3.8) is 0 Å². The quantitative estimate of drug-likeness (QED) is 0.777. The van der Waals surface area contributed by atoms with Gasteiger partial charge in [-0.2, -0.15) is 5.26 Å². The molecule has 4 nitrogen and oxygen atoms in total. The van der Waals surface area contributed by atoms with Gasteiger partial charge in [0.1, 0.15) is 0 Å². The predicted octanol–water partition coefficient (Wildman–Crippen LogP) is 2.76. The largest absolute Gasteiger partial charge is 0.369 e. The number of hydrogen-bond acceptors (Lipinski definition) is 4. The van der Waals surface area contributed by atoms with Crippen molar-refractivity contribution in [1.29, 1.82) is 5.26 Å². The molecule has 1 aliphatic rings. The van der Waals surface area contributed by atoms with Crippen LogP contribution in [0.3, 0.4) is 0 Å². The summed E-state index contributed by atoms with van der Waals surface area (Å²) >= 11 is 0. The lowest BCUT2D eigenvalue weighted by Crippen LogP contribution is -2.52. The number of nitrogens with zero attached hydrogens (tertiary/aromatic N) is 2. The molecular formula is C16H20N2O2. The standard InChI is InChI=1S/C16H20N2O2/c1-11-9-18(10-16(3,4)20-11)15-7-13(8-17)5-6-14(15)12(2)19/h5-7,11H,9-10H2,1-4H3. The fourth-order valence-corrected chi connectivity index (χ4v) is 2.80. The van der Waals surface area contributed by atoms with Crippen LogP contribution < -0.4 is 4.90 Å². The molecule has 0 spiro atoms. The van der Waals surface area contributed by atoms with Crippen molar-refractivity contribution in [3.8, 4) is 6.07 Å². The molecule has 20 heavy (non-hydrogen) atoms. The van der Waals surface area contributed by atoms with E-state index in [1.54, 1.807) is 25.1 Å². The van der Waals surface area contributed by atoms with Gasteiger partial charge in [0.15, 0.2) is 5.78 Å². The average molecular weight is 272 g/mol. The van der Waals surface area contributed by atoms with E-state index >= 15 is 0 Å². The Hall–Kier alpha value is -1.86. The Morgan fingerprint density at radius 1 is 1.50 bits per heavy atom. The van der Waals surface area contributed by atoms with Crippen molar-refractivity contribution in [2.75, 3.05) is 18.0 Å². The number of rotatable bonds is 2. The van der Waals surface area contributed by atoms with Crippen molar-refractivity contribution < 1.29 is 9.53 Å². The number of morpholine rings is 1. The van der Waals surface area contributed by atoms with Crippen LogP contribution in [-0.2, 0) is 4.74 Å². The van der Waals surface area contributed by atoms with Crippen molar-refractivity contribution in [3.05, 3.63) is 29.3 Å². The summed E-state index contributed by atoms with van der Waals surface area (Å²) in [5.74, 6) is 0.0152. The lowest BCUT2D eigenvalue weighted by Gasteiger charge is -2.43. The van der Waals surface area contributed by atoms with Crippen LogP contribution in [0.15, 0.2) is 18.2 Å². The molecule has 0 radical (unpaired) electrons. The van der Waals surface area contributed by atoms with Gasteiger partial charge in [0.05, 0.1) is 23.3 Å². The number of carbonyl (C=O) groups excluding carboxylic acids is 1. The maximum atomic E-state index is 11.8. The summed E-state index contributed by atoms with van der Waals surface area (Å²) < 4.78 is 5.89. The minimum absolute atomic E-state index is 0.0152. The van der Waals surface area contributed by atoms with E-state index in [4.69, 9.17) is 10.00 Å². The molecule has 1 saturated heterocycles. The van der Waals surface area contributed by atoms with E-state index in [9.17, 15) is 4.79 Å². The zero-order valence-corrected chi connectivity index (χ0v) is 12.4. The fourth-order valence-electron chi connectivity index (χ4n) is 2.80. The molecule has 0 amide bonds. The van der Waals surface area contributed by atoms with Gasteiger partial charge in [-0.15, -0.1) is 0 Å². The predicted molar refractivity (Wildman–Crippen MR) is 78.0 cm³/mol. The van der Waals surface area contributed by atoms with Crippen LogP contribution in [0.1, 0.15) is 43.6 Å². The van der Waals surface area contributed by atoms with Crippen LogP contribution in [0.25, 0.3) is 0 Å². The highest BCUT2D eigenvalue weighted by Gasteiger charge is 2.32. The molecule has 2 rings (SSSR count). The van der Waals surface area contributed by atoms with E-state index in [0.717, 1.165) is 12.2 Å². The first-order valence-corrected chi connectivity index (χ1v) is 6.80. The van der Waals surface area contributed by atoms with Crippen molar-refractivity contribution >= 4 is 11.5 Å². The summed E-state index contributed by atoms with van der Waals surface area (Å²) in [4.78, 5) is 14.0. The molecule has 0 aliphatic carbocycles. The van der Waals surface area contributed by atoms with E-state index in [-0.39, 0.29) is 17.5 Å². The maximum Gasteiger partial charge on any atom is 0.161 e. The maximum absolute atomic E-state index is 11.8. The third-order valence-electron chi connectivity index (χ3n) is 3.42. The molecule has 0 bridgehead atoms. The van der Waals surface area contributed by atoms with Gasteiger partial charge in [-0.3, -0.25) is 4.79 Å². The molecule has 1 unspecified atom stereocenters. The first kappa shape index (κ1) is 14.5. The summed E-state index contributed by atoms with van der Waals surface area (Å²) in [6.07, 6.45) is 0.0873. The van der Waals surface area contributed by atoms with Gasteiger partial charge in [-0.1, -0.05) is 0 Å². The molecule has 1 aromatic rings. The Morgan fingerprint density at radius 2 is 2.20 bits per heavy atom. The molecule has 1 aromatic carbocycles. The van der Waals surface area contributed by atoms with Crippen LogP contribution >= 0.6 is 0 Å². The Kier molecular flexibility index (Phi) is 3.82. The highest BCUT2D eigenvalue weighted by atomic mass is 16.5. The van der Waals surface area contributed by atoms with Gasteiger partial charge in [-0.05, 0) is 45.9 Å². The van der Waals surface area contributed by atoms with E-state index in [2.05, 4.69) is 11.0 Å². The third kappa shape index (κ3) is 3.00. The van der Waals surface area contributed by atoms with Gasteiger partial charge >= 0.3 is 0 Å². The summed E-state index contributed by atoms with van der Waals surface area (Å²) in [7, 11) is 0. The number of benzene rings is 1. The summed E-state index contributed by atoms with van der Waals surface area (Å²) in [5.41, 5.74) is 1.80. The highest BCUT2D eigenvalue weighted by molar-refractivity contribution is 6.00. The monoisotopic (exact) mass is 272 g/mol. The molecular weight excluding hydrogens is 252 g/mol. The first-order valence-electron chi connectivity index (χ1n) is 6.80. The summed E-state index contributed by atoms with van der Waals surface area (Å²) in [5, 5.41) is 9.07. The lowest BCUT2D eigenvalue weighted by molar-refractivity contribution is -0.0750. The van der Waals surface area contributed by atoms with E-state index < -0.39 is 0 Å². The number of hydrogen-bond donors (Lipinski definition) is 0. The lowest BCUT2D eigenvalue weighted by atomic mass is 10.0. The van der Waals surface area contributed by atoms with Gasteiger partial charge < -0.3 is 9.64 Å². The van der Waals surface area contributed by atoms with Gasteiger partial charge in [-0.25, -0.2) is 0 Å². The molecule has 0 N–H and O–H groups in total. The minimum atomic E-state index is -0.269. The van der Waals surface area contributed by atoms with Crippen LogP contribution in [0.5, 0.6) is 0 Å². The second kappa shape index (κ2) is 5.26. The number of ether oxygens (including phenoxy) is 1. The Labute approximate surface area is 120 Å². The molecule has 106 valence electrons. The third-order valence-corrected chi connectivity index (χ3v) is 3.42. The first-order chi connectivity index (χ1) is 9.32. The summed E-state index contributed by atoms with van der Waals surface area (Å²) in [6.45, 7) is 9.08. The number of ketones is 1. The Bertz CT molecular complexity index is 572. The Morgan fingerprint density at radius 3 is 2.75 bits per heavy atom. The summed E-state index contributed by atoms with van der Waals surface area (Å²) in [6, 6.07) is 7.36. The van der Waals surface area contributed by atoms with Crippen LogP contribution in [0, 0.1) is 11.3 Å². The zero-order chi connectivity index (χ0) is 14.9. The smallest absolute Gasteiger partial charge is 0.161 e. The van der Waals surface area contributed by atoms with Gasteiger partial charge in [0.2, 0.25) is 0 Å². The van der Waals surface area contributed by atoms with E-state index in [0.29, 0.717) is 17.7 Å². The average Bonchev–Trinajstić information content (AvgIpc) is 2.35. The SMILES string of the molecule is CC(=O)c1ccc(C#N)cc1N1CC(C)OC(C)(C)C1. The van der Waals surface area contributed by atoms with Crippen LogP contribution in [0.2, 0.25) is 0 Å². The molecule has 1 atom stereocenters. The van der Waals surface area contributed by atoms with E-state index in [1.165, 1.54) is 0 Å². The Balaban J connectivity index is 2.45. The number of Topliss-reactive ketones (excluding diaryl/α,β-unsaturated/α-hetero) is 1. The minimum Gasteiger partial charge on any atom is -0.369 e. The molecule has 0 saturated carbocycles. The second-order valence-electron chi connectivity index (χ2n) is 5.97. The number of carbonyl (C=O) groups is 1. The molecule has 1 aliphatic heterocycles. The molecule has 1 fully saturated rings. The fraction of sp³-hybridized carbons (Fsp3) is 0.500. The van der Waals surface area contributed by atoms with Crippen LogP contribution in [0.4, 0.5) is 5.69 Å². The zero-order valence-electron chi connectivity index (χ0n) is 12.4. The second-order valence-corrected chi connectivity index (χ2v) is 5.97. The molecule has 0 aromatic heterocycles. The van der Waals surface area contributed by atoms with Crippen molar-refractivity contribution in [2.45, 2.75) is 39.4 Å².